The Morgan fingerprint density at radius 2 is 0.971 bits per heavy atom. The second-order valence-corrected chi connectivity index (χ2v) is 19.8. The first-order valence-corrected chi connectivity index (χ1v) is 27.2. The van der Waals surface area contributed by atoms with Crippen molar-refractivity contribution in [1.29, 1.82) is 0 Å². The molecule has 1 aliphatic heterocycles. The third-order valence-electron chi connectivity index (χ3n) is 12.4. The molecule has 0 aromatic rings. The molecule has 13 unspecified atom stereocenters. The molecule has 2 fully saturated rings. The normalized spacial score (nSPS) is 28.0. The third-order valence-corrected chi connectivity index (χ3v) is 13.4. The molecule has 13 atom stereocenters. The summed E-state index contributed by atoms with van der Waals surface area (Å²) < 4.78 is 45.4. The van der Waals surface area contributed by atoms with Gasteiger partial charge in [-0.25, -0.2) is 4.57 Å². The van der Waals surface area contributed by atoms with Gasteiger partial charge in [0.05, 0.1) is 13.2 Å². The molecule has 0 radical (unpaired) electrons. The molecular weight excluding hydrogens is 907 g/mol. The third kappa shape index (κ3) is 25.5. The van der Waals surface area contributed by atoms with Gasteiger partial charge >= 0.3 is 19.8 Å². The molecule has 1 heterocycles. The Balaban J connectivity index is 1.95. The fourth-order valence-electron chi connectivity index (χ4n) is 8.10. The lowest BCUT2D eigenvalue weighted by atomic mass is 9.84. The van der Waals surface area contributed by atoms with Gasteiger partial charge in [0, 0.05) is 12.8 Å². The number of rotatable bonds is 39. The number of phosphoric ester groups is 1. The second-order valence-electron chi connectivity index (χ2n) is 18.4. The summed E-state index contributed by atoms with van der Waals surface area (Å²) in [6, 6.07) is 0. The predicted octanol–water partition coefficient (Wildman–Crippen LogP) is 5.88. The predicted molar refractivity (Wildman–Crippen MR) is 254 cm³/mol. The zero-order valence-electron chi connectivity index (χ0n) is 40.9. The first kappa shape index (κ1) is 62.2. The van der Waals surface area contributed by atoms with Gasteiger partial charge in [0.1, 0.15) is 67.6 Å². The number of aliphatic hydroxyl groups is 8. The number of esters is 2. The van der Waals surface area contributed by atoms with Crippen LogP contribution in [0.3, 0.4) is 0 Å². The molecule has 68 heavy (non-hydrogen) atoms. The van der Waals surface area contributed by atoms with E-state index in [1.807, 2.05) is 0 Å². The molecule has 2 rings (SSSR count). The Hall–Kier alpha value is -1.87. The molecular formula is C49H89O18P. The van der Waals surface area contributed by atoms with Crippen molar-refractivity contribution in [2.45, 2.75) is 254 Å². The number of hydrogen-bond acceptors (Lipinski definition) is 17. The van der Waals surface area contributed by atoms with E-state index in [4.69, 9.17) is 28.0 Å². The van der Waals surface area contributed by atoms with Gasteiger partial charge in [-0.05, 0) is 64.2 Å². The van der Waals surface area contributed by atoms with Crippen LogP contribution in [0.2, 0.25) is 0 Å². The van der Waals surface area contributed by atoms with Gasteiger partial charge in [-0.15, -0.1) is 0 Å². The number of allylic oxidation sites excluding steroid dienone is 4. The molecule has 0 bridgehead atoms. The molecule has 9 N–H and O–H groups in total. The summed E-state index contributed by atoms with van der Waals surface area (Å²) >= 11 is 0. The Morgan fingerprint density at radius 1 is 0.544 bits per heavy atom. The number of hydrogen-bond donors (Lipinski definition) is 9. The number of carbonyl (C=O) groups excluding carboxylic acids is 2. The standard InChI is InChI=1S/C49H89O18P/c1-3-5-7-9-11-13-15-17-18-20-22-24-26-28-30-32-39(52)64-36(34-62-38(51)31-29-27-25-23-21-19-16-14-12-10-8-6-4-2)35-63-68(60,61)67-48-45(58)43(56)42(55)44(57)47(48)66-49-46(59)41(54)40(53)37(33-50)65-49/h13,15,19,21,36-37,40-50,53-59H,3-12,14,16-18,20,22-35H2,1-2H3,(H,60,61)/b15-13-,21-19-. The van der Waals surface area contributed by atoms with Crippen LogP contribution >= 0.6 is 7.82 Å². The first-order chi connectivity index (χ1) is 32.7. The zero-order valence-corrected chi connectivity index (χ0v) is 41.8. The quantitative estimate of drug-likeness (QED) is 0.0150. The van der Waals surface area contributed by atoms with E-state index in [0.29, 0.717) is 12.8 Å². The highest BCUT2D eigenvalue weighted by Gasteiger charge is 2.55. The highest BCUT2D eigenvalue weighted by Crippen LogP contribution is 2.48. The van der Waals surface area contributed by atoms with Crippen molar-refractivity contribution in [3.8, 4) is 0 Å². The molecule has 0 amide bonds. The molecule has 0 aromatic carbocycles. The molecule has 1 saturated heterocycles. The van der Waals surface area contributed by atoms with E-state index in [1.165, 1.54) is 64.2 Å². The highest BCUT2D eigenvalue weighted by molar-refractivity contribution is 7.47. The van der Waals surface area contributed by atoms with E-state index in [1.54, 1.807) is 0 Å². The van der Waals surface area contributed by atoms with E-state index < -0.39 is 113 Å². The molecule has 398 valence electrons. The molecule has 18 nitrogen and oxygen atoms in total. The van der Waals surface area contributed by atoms with Crippen LogP contribution in [0.25, 0.3) is 0 Å². The Bertz CT molecular complexity index is 1420. The van der Waals surface area contributed by atoms with Crippen LogP contribution in [-0.2, 0) is 42.1 Å². The Kier molecular flexibility index (Phi) is 33.8. The van der Waals surface area contributed by atoms with Gasteiger partial charge in [-0.3, -0.25) is 18.6 Å². The SMILES string of the molecule is CCCCCC/C=C\CCCCCCCCCC(=O)OC(COC(=O)CCCCC/C=C\CCCCCCCC)COP(=O)(O)OC1C(O)C(O)C(O)C(O)C1OC1OC(CO)C(O)C(O)C1O. The number of unbranched alkanes of at least 4 members (excludes halogenated alkanes) is 20. The Morgan fingerprint density at radius 3 is 1.49 bits per heavy atom. The molecule has 1 saturated carbocycles. The van der Waals surface area contributed by atoms with Crippen molar-refractivity contribution in [2.75, 3.05) is 19.8 Å². The molecule has 2 aliphatic rings. The maximum Gasteiger partial charge on any atom is 0.472 e. The van der Waals surface area contributed by atoms with Gasteiger partial charge in [0.25, 0.3) is 0 Å². The number of carbonyl (C=O) groups is 2. The lowest BCUT2D eigenvalue weighted by molar-refractivity contribution is -0.338. The van der Waals surface area contributed by atoms with Gasteiger partial charge in [0.15, 0.2) is 12.4 Å². The van der Waals surface area contributed by atoms with Crippen molar-refractivity contribution in [3.05, 3.63) is 24.3 Å². The van der Waals surface area contributed by atoms with Crippen molar-refractivity contribution in [2.24, 2.45) is 0 Å². The average molecular weight is 997 g/mol. The van der Waals surface area contributed by atoms with Crippen molar-refractivity contribution >= 4 is 19.8 Å². The number of phosphoric acid groups is 1. The van der Waals surface area contributed by atoms with Crippen LogP contribution in [0.4, 0.5) is 0 Å². The number of aliphatic hydroxyl groups excluding tert-OH is 8. The minimum Gasteiger partial charge on any atom is -0.462 e. The molecule has 1 aliphatic carbocycles. The summed E-state index contributed by atoms with van der Waals surface area (Å²) in [6.07, 6.45) is 11.2. The van der Waals surface area contributed by atoms with E-state index in [9.17, 15) is 59.9 Å². The lowest BCUT2D eigenvalue weighted by Crippen LogP contribution is -2.67. The topological polar surface area (TPSA) is 289 Å². The van der Waals surface area contributed by atoms with Crippen LogP contribution in [0.15, 0.2) is 24.3 Å². The monoisotopic (exact) mass is 997 g/mol. The van der Waals surface area contributed by atoms with Crippen molar-refractivity contribution in [1.82, 2.24) is 0 Å². The second kappa shape index (κ2) is 37.0. The molecule has 19 heteroatoms. The van der Waals surface area contributed by atoms with Gasteiger partial charge < -0.3 is 64.7 Å². The van der Waals surface area contributed by atoms with Crippen LogP contribution in [-0.4, -0.2) is 151 Å². The van der Waals surface area contributed by atoms with Crippen LogP contribution in [0.5, 0.6) is 0 Å². The minimum absolute atomic E-state index is 0.0253. The summed E-state index contributed by atoms with van der Waals surface area (Å²) in [6.45, 7) is 2.19. The first-order valence-electron chi connectivity index (χ1n) is 25.7. The zero-order chi connectivity index (χ0) is 50.2. The van der Waals surface area contributed by atoms with E-state index in [0.717, 1.165) is 77.0 Å². The minimum atomic E-state index is -5.38. The van der Waals surface area contributed by atoms with Crippen molar-refractivity contribution in [3.63, 3.8) is 0 Å². The van der Waals surface area contributed by atoms with E-state index in [-0.39, 0.29) is 12.8 Å². The largest absolute Gasteiger partial charge is 0.472 e. The van der Waals surface area contributed by atoms with Crippen LogP contribution < -0.4 is 0 Å². The smallest absolute Gasteiger partial charge is 0.462 e. The van der Waals surface area contributed by atoms with Gasteiger partial charge in [-0.1, -0.05) is 128 Å². The fourth-order valence-corrected chi connectivity index (χ4v) is 9.07. The van der Waals surface area contributed by atoms with E-state index >= 15 is 0 Å². The summed E-state index contributed by atoms with van der Waals surface area (Å²) in [5.74, 6) is -1.24. The lowest BCUT2D eigenvalue weighted by Gasteiger charge is -2.47. The van der Waals surface area contributed by atoms with E-state index in [2.05, 4.69) is 38.2 Å². The maximum absolute atomic E-state index is 13.4. The van der Waals surface area contributed by atoms with Gasteiger partial charge in [-0.2, -0.15) is 0 Å². The summed E-state index contributed by atoms with van der Waals surface area (Å²) in [5.41, 5.74) is 0. The molecule has 0 aromatic heterocycles. The molecule has 0 spiro atoms. The maximum atomic E-state index is 13.4. The fraction of sp³-hybridized carbons (Fsp3) is 0.878. The van der Waals surface area contributed by atoms with Gasteiger partial charge in [0.2, 0.25) is 0 Å². The summed E-state index contributed by atoms with van der Waals surface area (Å²) in [4.78, 5) is 36.5. The summed E-state index contributed by atoms with van der Waals surface area (Å²) in [5, 5.41) is 82.9. The van der Waals surface area contributed by atoms with Crippen LogP contribution in [0, 0.1) is 0 Å². The van der Waals surface area contributed by atoms with Crippen LogP contribution in [0.1, 0.15) is 181 Å². The number of ether oxygens (including phenoxy) is 4. The van der Waals surface area contributed by atoms with Crippen molar-refractivity contribution < 1.29 is 87.9 Å². The average Bonchev–Trinajstić information content (AvgIpc) is 3.32. The highest BCUT2D eigenvalue weighted by atomic mass is 31.2. The summed E-state index contributed by atoms with van der Waals surface area (Å²) in [7, 11) is -5.38. The Labute approximate surface area is 405 Å².